The van der Waals surface area contributed by atoms with E-state index in [4.69, 9.17) is 15.7 Å². The molecule has 2 N–H and O–H groups in total. The monoisotopic (exact) mass is 206 g/mol. The number of anilines is 1. The molecule has 0 saturated carbocycles. The molecule has 1 rings (SSSR count). The Morgan fingerprint density at radius 2 is 2.13 bits per heavy atom. The lowest BCUT2D eigenvalue weighted by atomic mass is 10.1. The van der Waals surface area contributed by atoms with Crippen molar-refractivity contribution in [3.63, 3.8) is 0 Å². The summed E-state index contributed by atoms with van der Waals surface area (Å²) >= 11 is 0. The fraction of sp³-hybridized carbons (Fsp3) is 0.200. The first-order valence-corrected chi connectivity index (χ1v) is 4.10. The molecular formula is C10H10N2O3. The van der Waals surface area contributed by atoms with Crippen LogP contribution in [0.2, 0.25) is 0 Å². The summed E-state index contributed by atoms with van der Waals surface area (Å²) < 4.78 is 9.45. The number of hydrogen-bond donors (Lipinski definition) is 1. The lowest BCUT2D eigenvalue weighted by Gasteiger charge is -2.07. The predicted octanol–water partition coefficient (Wildman–Crippen LogP) is 0.936. The normalized spacial score (nSPS) is 9.13. The van der Waals surface area contributed by atoms with Crippen LogP contribution in [-0.2, 0) is 4.74 Å². The first-order valence-electron chi connectivity index (χ1n) is 4.10. The number of nitriles is 1. The smallest absolute Gasteiger partial charge is 0.339 e. The molecule has 0 amide bonds. The fourth-order valence-corrected chi connectivity index (χ4v) is 1.14. The number of benzene rings is 1. The van der Waals surface area contributed by atoms with Gasteiger partial charge in [0.05, 0.1) is 31.0 Å². The molecule has 0 radical (unpaired) electrons. The van der Waals surface area contributed by atoms with Crippen LogP contribution >= 0.6 is 0 Å². The Balaban J connectivity index is 3.35. The van der Waals surface area contributed by atoms with Crippen LogP contribution in [0.1, 0.15) is 15.9 Å². The number of esters is 1. The van der Waals surface area contributed by atoms with Crippen LogP contribution in [0, 0.1) is 11.3 Å². The molecule has 1 aromatic carbocycles. The molecule has 0 spiro atoms. The van der Waals surface area contributed by atoms with Crippen LogP contribution < -0.4 is 10.5 Å². The molecule has 0 aromatic heterocycles. The standard InChI is InChI=1S/C10H10N2O3/c1-14-9-3-6(5-11)7(4-8(9)12)10(13)15-2/h3-4H,12H2,1-2H3. The molecule has 0 saturated heterocycles. The molecule has 0 aliphatic carbocycles. The van der Waals surface area contributed by atoms with E-state index in [0.29, 0.717) is 5.75 Å². The number of rotatable bonds is 2. The zero-order chi connectivity index (χ0) is 11.4. The van der Waals surface area contributed by atoms with Crippen molar-refractivity contribution in [1.82, 2.24) is 0 Å². The van der Waals surface area contributed by atoms with Crippen molar-refractivity contribution in [3.05, 3.63) is 23.3 Å². The Hall–Kier alpha value is -2.22. The van der Waals surface area contributed by atoms with Crippen molar-refractivity contribution in [1.29, 1.82) is 5.26 Å². The lowest BCUT2D eigenvalue weighted by Crippen LogP contribution is -2.06. The van der Waals surface area contributed by atoms with Crippen molar-refractivity contribution >= 4 is 11.7 Å². The first kappa shape index (κ1) is 10.9. The number of nitrogens with zero attached hydrogens (tertiary/aromatic N) is 1. The van der Waals surface area contributed by atoms with E-state index in [1.807, 2.05) is 6.07 Å². The van der Waals surface area contributed by atoms with E-state index in [-0.39, 0.29) is 16.8 Å². The van der Waals surface area contributed by atoms with Gasteiger partial charge in [-0.25, -0.2) is 4.79 Å². The van der Waals surface area contributed by atoms with Crippen molar-refractivity contribution in [2.75, 3.05) is 20.0 Å². The molecule has 0 fully saturated rings. The van der Waals surface area contributed by atoms with E-state index in [1.165, 1.54) is 26.4 Å². The zero-order valence-corrected chi connectivity index (χ0v) is 8.40. The van der Waals surface area contributed by atoms with E-state index in [0.717, 1.165) is 0 Å². The van der Waals surface area contributed by atoms with E-state index in [1.54, 1.807) is 0 Å². The molecule has 15 heavy (non-hydrogen) atoms. The highest BCUT2D eigenvalue weighted by atomic mass is 16.5. The number of hydrogen-bond acceptors (Lipinski definition) is 5. The molecule has 1 aromatic rings. The van der Waals surface area contributed by atoms with Crippen LogP contribution in [-0.4, -0.2) is 20.2 Å². The number of carbonyl (C=O) groups excluding carboxylic acids is 1. The molecule has 0 aliphatic rings. The molecule has 0 heterocycles. The van der Waals surface area contributed by atoms with Gasteiger partial charge in [-0.3, -0.25) is 0 Å². The second-order valence-corrected chi connectivity index (χ2v) is 2.74. The fourth-order valence-electron chi connectivity index (χ4n) is 1.14. The highest BCUT2D eigenvalue weighted by Gasteiger charge is 2.15. The minimum Gasteiger partial charge on any atom is -0.495 e. The van der Waals surface area contributed by atoms with Gasteiger partial charge in [0.25, 0.3) is 0 Å². The molecule has 0 bridgehead atoms. The summed E-state index contributed by atoms with van der Waals surface area (Å²) in [6, 6.07) is 4.64. The summed E-state index contributed by atoms with van der Waals surface area (Å²) in [5.41, 5.74) is 6.21. The first-order chi connectivity index (χ1) is 7.13. The minimum atomic E-state index is -0.596. The molecule has 0 aliphatic heterocycles. The number of nitrogens with two attached hydrogens (primary N) is 1. The average Bonchev–Trinajstić information content (AvgIpc) is 2.27. The Morgan fingerprint density at radius 1 is 1.47 bits per heavy atom. The quantitative estimate of drug-likeness (QED) is 0.574. The predicted molar refractivity (Wildman–Crippen MR) is 53.5 cm³/mol. The molecule has 0 unspecified atom stereocenters. The maximum atomic E-state index is 11.3. The molecule has 78 valence electrons. The van der Waals surface area contributed by atoms with E-state index in [2.05, 4.69) is 4.74 Å². The third kappa shape index (κ3) is 1.99. The van der Waals surface area contributed by atoms with Gasteiger partial charge in [0, 0.05) is 6.07 Å². The summed E-state index contributed by atoms with van der Waals surface area (Å²) in [6.45, 7) is 0. The number of nitrogen functional groups attached to an aromatic ring is 1. The van der Waals surface area contributed by atoms with E-state index < -0.39 is 5.97 Å². The molecule has 5 nitrogen and oxygen atoms in total. The average molecular weight is 206 g/mol. The number of ether oxygens (including phenoxy) is 2. The second kappa shape index (κ2) is 4.33. The summed E-state index contributed by atoms with van der Waals surface area (Å²) in [4.78, 5) is 11.3. The maximum Gasteiger partial charge on any atom is 0.339 e. The Labute approximate surface area is 87.0 Å². The second-order valence-electron chi connectivity index (χ2n) is 2.74. The summed E-state index contributed by atoms with van der Waals surface area (Å²) in [6.07, 6.45) is 0. The molecule has 0 atom stereocenters. The van der Waals surface area contributed by atoms with Crippen molar-refractivity contribution in [3.8, 4) is 11.8 Å². The Bertz CT molecular complexity index is 435. The summed E-state index contributed by atoms with van der Waals surface area (Å²) in [5.74, 6) is -0.236. The van der Waals surface area contributed by atoms with Crippen LogP contribution in [0.15, 0.2) is 12.1 Å². The van der Waals surface area contributed by atoms with Crippen LogP contribution in [0.5, 0.6) is 5.75 Å². The van der Waals surface area contributed by atoms with Gasteiger partial charge in [-0.1, -0.05) is 0 Å². The van der Waals surface area contributed by atoms with E-state index >= 15 is 0 Å². The van der Waals surface area contributed by atoms with E-state index in [9.17, 15) is 4.79 Å². The Morgan fingerprint density at radius 3 is 2.60 bits per heavy atom. The van der Waals surface area contributed by atoms with Gasteiger partial charge in [0.2, 0.25) is 0 Å². The van der Waals surface area contributed by atoms with Gasteiger partial charge in [0.15, 0.2) is 0 Å². The van der Waals surface area contributed by atoms with Gasteiger partial charge >= 0.3 is 5.97 Å². The maximum absolute atomic E-state index is 11.3. The van der Waals surface area contributed by atoms with Crippen LogP contribution in [0.3, 0.4) is 0 Å². The number of methoxy groups -OCH3 is 2. The summed E-state index contributed by atoms with van der Waals surface area (Å²) in [5, 5.41) is 8.82. The van der Waals surface area contributed by atoms with Gasteiger partial charge in [0.1, 0.15) is 11.8 Å². The lowest BCUT2D eigenvalue weighted by molar-refractivity contribution is 0.0600. The van der Waals surface area contributed by atoms with Crippen LogP contribution in [0.4, 0.5) is 5.69 Å². The zero-order valence-electron chi connectivity index (χ0n) is 8.40. The van der Waals surface area contributed by atoms with Crippen molar-refractivity contribution < 1.29 is 14.3 Å². The van der Waals surface area contributed by atoms with Crippen molar-refractivity contribution in [2.45, 2.75) is 0 Å². The molecular weight excluding hydrogens is 196 g/mol. The molecule has 5 heteroatoms. The SMILES string of the molecule is COC(=O)c1cc(N)c(OC)cc1C#N. The van der Waals surface area contributed by atoms with Gasteiger partial charge < -0.3 is 15.2 Å². The minimum absolute atomic E-state index is 0.137. The third-order valence-corrected chi connectivity index (χ3v) is 1.90. The topological polar surface area (TPSA) is 85.3 Å². The van der Waals surface area contributed by atoms with Gasteiger partial charge in [-0.15, -0.1) is 0 Å². The highest BCUT2D eigenvalue weighted by molar-refractivity contribution is 5.93. The third-order valence-electron chi connectivity index (χ3n) is 1.90. The number of carbonyl (C=O) groups is 1. The largest absolute Gasteiger partial charge is 0.495 e. The Kier molecular flexibility index (Phi) is 3.13. The highest BCUT2D eigenvalue weighted by Crippen LogP contribution is 2.25. The van der Waals surface area contributed by atoms with Gasteiger partial charge in [-0.2, -0.15) is 5.26 Å². The summed E-state index contributed by atoms with van der Waals surface area (Å²) in [7, 11) is 2.68. The van der Waals surface area contributed by atoms with Gasteiger partial charge in [-0.05, 0) is 6.07 Å². The van der Waals surface area contributed by atoms with Crippen molar-refractivity contribution in [2.24, 2.45) is 0 Å². The van der Waals surface area contributed by atoms with Crippen LogP contribution in [0.25, 0.3) is 0 Å².